The standard InChI is InChI=1S/C20H26BrNO5/c1-12-4-5-16(21)14(3)15(12)10-17(23)22-19(18(24)25)6-8-20(9-7-19)26-11-13(2)27-20/h4-5,13H,6-11H2,1-3H3,(H,22,23)(H,24,25). The number of hydrogen-bond acceptors (Lipinski definition) is 4. The van der Waals surface area contributed by atoms with E-state index < -0.39 is 17.3 Å². The number of carboxylic acid groups (broad SMARTS) is 1. The molecule has 1 aliphatic heterocycles. The zero-order valence-electron chi connectivity index (χ0n) is 15.9. The molecule has 1 aromatic rings. The van der Waals surface area contributed by atoms with Crippen LogP contribution in [-0.2, 0) is 25.5 Å². The highest BCUT2D eigenvalue weighted by molar-refractivity contribution is 9.10. The van der Waals surface area contributed by atoms with Gasteiger partial charge in [0.05, 0.1) is 19.1 Å². The van der Waals surface area contributed by atoms with Gasteiger partial charge in [0.2, 0.25) is 5.91 Å². The van der Waals surface area contributed by atoms with Gasteiger partial charge >= 0.3 is 5.97 Å². The number of carboxylic acids is 1. The Morgan fingerprint density at radius 1 is 1.26 bits per heavy atom. The Hall–Kier alpha value is -1.44. The van der Waals surface area contributed by atoms with Gasteiger partial charge in [0.25, 0.3) is 0 Å². The van der Waals surface area contributed by atoms with Crippen molar-refractivity contribution in [2.24, 2.45) is 0 Å². The smallest absolute Gasteiger partial charge is 0.329 e. The van der Waals surface area contributed by atoms with Gasteiger partial charge in [-0.25, -0.2) is 4.79 Å². The third-order valence-electron chi connectivity index (χ3n) is 5.75. The Bertz CT molecular complexity index is 755. The van der Waals surface area contributed by atoms with Crippen molar-refractivity contribution in [1.82, 2.24) is 5.32 Å². The van der Waals surface area contributed by atoms with Crippen LogP contribution in [0.4, 0.5) is 0 Å². The normalized spacial score (nSPS) is 30.4. The minimum absolute atomic E-state index is 0.0133. The lowest BCUT2D eigenvalue weighted by Gasteiger charge is -2.41. The molecule has 0 aromatic heterocycles. The number of carbonyl (C=O) groups is 2. The van der Waals surface area contributed by atoms with Gasteiger partial charge in [-0.05, 0) is 56.4 Å². The number of rotatable bonds is 4. The monoisotopic (exact) mass is 439 g/mol. The summed E-state index contributed by atoms with van der Waals surface area (Å²) in [5.41, 5.74) is 1.67. The Morgan fingerprint density at radius 3 is 2.48 bits per heavy atom. The summed E-state index contributed by atoms with van der Waals surface area (Å²) in [6.45, 7) is 6.37. The van der Waals surface area contributed by atoms with E-state index in [1.807, 2.05) is 32.9 Å². The molecule has 1 atom stereocenters. The summed E-state index contributed by atoms with van der Waals surface area (Å²) >= 11 is 3.49. The molecule has 2 fully saturated rings. The van der Waals surface area contributed by atoms with E-state index >= 15 is 0 Å². The maximum atomic E-state index is 12.7. The molecule has 27 heavy (non-hydrogen) atoms. The average molecular weight is 440 g/mol. The molecule has 1 aliphatic carbocycles. The molecular weight excluding hydrogens is 414 g/mol. The van der Waals surface area contributed by atoms with Gasteiger partial charge in [-0.1, -0.05) is 22.0 Å². The van der Waals surface area contributed by atoms with Gasteiger partial charge in [-0.15, -0.1) is 0 Å². The first-order valence-electron chi connectivity index (χ1n) is 9.27. The summed E-state index contributed by atoms with van der Waals surface area (Å²) in [5.74, 6) is -1.97. The lowest BCUT2D eigenvalue weighted by Crippen LogP contribution is -2.59. The Morgan fingerprint density at radius 2 is 1.93 bits per heavy atom. The average Bonchev–Trinajstić information content (AvgIpc) is 2.98. The number of aryl methyl sites for hydroxylation is 1. The molecule has 0 bridgehead atoms. The third-order valence-corrected chi connectivity index (χ3v) is 6.61. The van der Waals surface area contributed by atoms with Crippen LogP contribution in [0.3, 0.4) is 0 Å². The van der Waals surface area contributed by atoms with E-state index in [4.69, 9.17) is 9.47 Å². The highest BCUT2D eigenvalue weighted by Crippen LogP contribution is 2.42. The maximum absolute atomic E-state index is 12.7. The molecule has 1 unspecified atom stereocenters. The van der Waals surface area contributed by atoms with Crippen LogP contribution in [0.2, 0.25) is 0 Å². The summed E-state index contributed by atoms with van der Waals surface area (Å²) in [7, 11) is 0. The van der Waals surface area contributed by atoms with Crippen molar-refractivity contribution in [2.45, 2.75) is 70.3 Å². The zero-order valence-corrected chi connectivity index (χ0v) is 17.5. The fourth-order valence-electron chi connectivity index (χ4n) is 4.02. The Kier molecular flexibility index (Phi) is 5.66. The van der Waals surface area contributed by atoms with E-state index in [0.29, 0.717) is 19.4 Å². The summed E-state index contributed by atoms with van der Waals surface area (Å²) < 4.78 is 12.6. The summed E-state index contributed by atoms with van der Waals surface area (Å²) in [5, 5.41) is 12.6. The summed E-state index contributed by atoms with van der Waals surface area (Å²) in [6, 6.07) is 3.90. The van der Waals surface area contributed by atoms with Gasteiger partial charge in [0.1, 0.15) is 5.54 Å². The Balaban J connectivity index is 1.71. The lowest BCUT2D eigenvalue weighted by atomic mass is 9.78. The SMILES string of the molecule is Cc1ccc(Br)c(C)c1CC(=O)NC1(C(=O)O)CCC2(CC1)OCC(C)O2. The van der Waals surface area contributed by atoms with E-state index in [2.05, 4.69) is 21.2 Å². The van der Waals surface area contributed by atoms with Gasteiger partial charge in [-0.2, -0.15) is 0 Å². The first-order valence-corrected chi connectivity index (χ1v) is 10.1. The van der Waals surface area contributed by atoms with Crippen LogP contribution in [-0.4, -0.2) is 41.0 Å². The number of hydrogen-bond donors (Lipinski definition) is 2. The van der Waals surface area contributed by atoms with Crippen LogP contribution < -0.4 is 5.32 Å². The molecule has 2 N–H and O–H groups in total. The van der Waals surface area contributed by atoms with Crippen LogP contribution in [0.25, 0.3) is 0 Å². The highest BCUT2D eigenvalue weighted by Gasteiger charge is 2.51. The first kappa shape index (κ1) is 20.3. The van der Waals surface area contributed by atoms with Crippen molar-refractivity contribution < 1.29 is 24.2 Å². The number of aliphatic carboxylic acids is 1. The quantitative estimate of drug-likeness (QED) is 0.751. The molecule has 1 heterocycles. The zero-order chi connectivity index (χ0) is 19.8. The second-order valence-corrected chi connectivity index (χ2v) is 8.58. The van der Waals surface area contributed by atoms with Crippen molar-refractivity contribution in [3.8, 4) is 0 Å². The largest absolute Gasteiger partial charge is 0.480 e. The molecular formula is C20H26BrNO5. The number of halogens is 1. The predicted octanol–water partition coefficient (Wildman–Crippen LogP) is 3.25. The van der Waals surface area contributed by atoms with Crippen molar-refractivity contribution in [3.05, 3.63) is 33.3 Å². The fourth-order valence-corrected chi connectivity index (χ4v) is 4.39. The number of carbonyl (C=O) groups excluding carboxylic acids is 1. The number of nitrogens with one attached hydrogen (secondary N) is 1. The predicted molar refractivity (Wildman–Crippen MR) is 104 cm³/mol. The molecule has 3 rings (SSSR count). The fraction of sp³-hybridized carbons (Fsp3) is 0.600. The van der Waals surface area contributed by atoms with Gasteiger partial charge < -0.3 is 19.9 Å². The van der Waals surface area contributed by atoms with Gasteiger partial charge in [0.15, 0.2) is 5.79 Å². The van der Waals surface area contributed by atoms with Crippen molar-refractivity contribution in [1.29, 1.82) is 0 Å². The second-order valence-electron chi connectivity index (χ2n) is 7.73. The number of amides is 1. The van der Waals surface area contributed by atoms with Crippen molar-refractivity contribution in [3.63, 3.8) is 0 Å². The minimum Gasteiger partial charge on any atom is -0.480 e. The van der Waals surface area contributed by atoms with Crippen LogP contribution in [0.5, 0.6) is 0 Å². The topological polar surface area (TPSA) is 84.9 Å². The molecule has 6 nitrogen and oxygen atoms in total. The lowest BCUT2D eigenvalue weighted by molar-refractivity contribution is -0.198. The molecule has 1 saturated carbocycles. The van der Waals surface area contributed by atoms with E-state index in [1.54, 1.807) is 0 Å². The van der Waals surface area contributed by atoms with Gasteiger partial charge in [-0.3, -0.25) is 4.79 Å². The second kappa shape index (κ2) is 7.53. The third kappa shape index (κ3) is 4.05. The minimum atomic E-state index is -1.27. The molecule has 1 amide bonds. The van der Waals surface area contributed by atoms with Crippen molar-refractivity contribution in [2.75, 3.05) is 6.61 Å². The molecule has 1 spiro atoms. The first-order chi connectivity index (χ1) is 12.7. The van der Waals surface area contributed by atoms with E-state index in [0.717, 1.165) is 21.2 Å². The highest BCUT2D eigenvalue weighted by atomic mass is 79.9. The van der Waals surface area contributed by atoms with Crippen LogP contribution in [0.15, 0.2) is 16.6 Å². The van der Waals surface area contributed by atoms with Crippen LogP contribution in [0.1, 0.15) is 49.3 Å². The summed E-state index contributed by atoms with van der Waals surface area (Å²) in [6.07, 6.45) is 1.66. The molecule has 7 heteroatoms. The molecule has 0 radical (unpaired) electrons. The number of ether oxygens (including phenoxy) is 2. The molecule has 2 aliphatic rings. The van der Waals surface area contributed by atoms with Crippen LogP contribution >= 0.6 is 15.9 Å². The van der Waals surface area contributed by atoms with E-state index in [9.17, 15) is 14.7 Å². The molecule has 148 valence electrons. The maximum Gasteiger partial charge on any atom is 0.329 e. The van der Waals surface area contributed by atoms with Gasteiger partial charge in [0, 0.05) is 17.3 Å². The number of benzene rings is 1. The Labute approximate surface area is 167 Å². The van der Waals surface area contributed by atoms with Crippen molar-refractivity contribution >= 4 is 27.8 Å². The molecule has 1 saturated heterocycles. The summed E-state index contributed by atoms with van der Waals surface area (Å²) in [4.78, 5) is 24.7. The van der Waals surface area contributed by atoms with Crippen LogP contribution in [0, 0.1) is 13.8 Å². The molecule has 1 aromatic carbocycles. The van der Waals surface area contributed by atoms with E-state index in [1.165, 1.54) is 0 Å². The van der Waals surface area contributed by atoms with E-state index in [-0.39, 0.29) is 31.3 Å².